The lowest BCUT2D eigenvalue weighted by Crippen LogP contribution is -2.05. The van der Waals surface area contributed by atoms with Crippen LogP contribution >= 0.6 is 0 Å². The fourth-order valence-corrected chi connectivity index (χ4v) is 2.15. The Morgan fingerprint density at radius 1 is 1.42 bits per heavy atom. The molecule has 0 aliphatic carbocycles. The van der Waals surface area contributed by atoms with Crippen molar-refractivity contribution in [2.75, 3.05) is 6.61 Å². The third kappa shape index (κ3) is 2.23. The molecule has 0 spiro atoms. The first-order chi connectivity index (χ1) is 9.28. The fraction of sp³-hybridized carbons (Fsp3) is 0.357. The van der Waals surface area contributed by atoms with E-state index in [9.17, 15) is 4.79 Å². The quantitative estimate of drug-likeness (QED) is 0.840. The van der Waals surface area contributed by atoms with Gasteiger partial charge in [0.15, 0.2) is 5.82 Å². The molecule has 0 N–H and O–H groups in total. The Morgan fingerprint density at radius 2 is 2.26 bits per heavy atom. The number of carbonyl (C=O) groups excluding carboxylic acids is 1. The molecule has 3 rings (SSSR count). The van der Waals surface area contributed by atoms with Crippen LogP contribution in [0.15, 0.2) is 28.8 Å². The molecule has 2 aromatic rings. The van der Waals surface area contributed by atoms with Crippen LogP contribution in [-0.4, -0.2) is 22.5 Å². The zero-order valence-electron chi connectivity index (χ0n) is 10.6. The molecule has 1 aliphatic heterocycles. The molecule has 0 amide bonds. The highest BCUT2D eigenvalue weighted by Gasteiger charge is 2.29. The predicted octanol–water partition coefficient (Wildman–Crippen LogP) is 2.12. The van der Waals surface area contributed by atoms with Gasteiger partial charge in [-0.3, -0.25) is 4.79 Å². The molecule has 0 saturated carbocycles. The SMILES string of the molecule is CCC(=O)Cc1nc(C2COc3ccccc32)no1. The maximum atomic E-state index is 11.4. The molecule has 1 aliphatic rings. The van der Waals surface area contributed by atoms with Crippen molar-refractivity contribution in [2.24, 2.45) is 0 Å². The van der Waals surface area contributed by atoms with Crippen LogP contribution in [0.4, 0.5) is 0 Å². The van der Waals surface area contributed by atoms with Crippen LogP contribution in [0.2, 0.25) is 0 Å². The Kier molecular flexibility index (Phi) is 3.03. The average Bonchev–Trinajstić information content (AvgIpc) is 3.04. The lowest BCUT2D eigenvalue weighted by atomic mass is 10.0. The zero-order valence-corrected chi connectivity index (χ0v) is 10.6. The Bertz CT molecular complexity index is 606. The van der Waals surface area contributed by atoms with Gasteiger partial charge in [0.25, 0.3) is 0 Å². The first kappa shape index (κ1) is 11.9. The van der Waals surface area contributed by atoms with Crippen molar-refractivity contribution in [3.63, 3.8) is 0 Å². The molecule has 1 aromatic carbocycles. The van der Waals surface area contributed by atoms with E-state index >= 15 is 0 Å². The van der Waals surface area contributed by atoms with Crippen LogP contribution in [-0.2, 0) is 11.2 Å². The number of hydrogen-bond donors (Lipinski definition) is 0. The third-order valence-electron chi connectivity index (χ3n) is 3.24. The molecule has 1 unspecified atom stereocenters. The van der Waals surface area contributed by atoms with E-state index < -0.39 is 0 Å². The monoisotopic (exact) mass is 258 g/mol. The van der Waals surface area contributed by atoms with E-state index in [1.54, 1.807) is 0 Å². The number of rotatable bonds is 4. The highest BCUT2D eigenvalue weighted by atomic mass is 16.5. The summed E-state index contributed by atoms with van der Waals surface area (Å²) in [5.74, 6) is 1.92. The number of para-hydroxylation sites is 1. The highest BCUT2D eigenvalue weighted by Crippen LogP contribution is 2.36. The number of carbonyl (C=O) groups is 1. The van der Waals surface area contributed by atoms with Crippen LogP contribution in [0, 0.1) is 0 Å². The Hall–Kier alpha value is -2.17. The van der Waals surface area contributed by atoms with Gasteiger partial charge in [-0.25, -0.2) is 0 Å². The van der Waals surface area contributed by atoms with Gasteiger partial charge >= 0.3 is 0 Å². The molecule has 2 heterocycles. The van der Waals surface area contributed by atoms with E-state index in [2.05, 4.69) is 10.1 Å². The molecule has 98 valence electrons. The topological polar surface area (TPSA) is 65.2 Å². The second kappa shape index (κ2) is 4.84. The minimum absolute atomic E-state index is 0.00886. The minimum Gasteiger partial charge on any atom is -0.492 e. The van der Waals surface area contributed by atoms with E-state index in [4.69, 9.17) is 9.26 Å². The van der Waals surface area contributed by atoms with Crippen molar-refractivity contribution in [1.29, 1.82) is 0 Å². The second-order valence-corrected chi connectivity index (χ2v) is 4.52. The molecule has 5 nitrogen and oxygen atoms in total. The van der Waals surface area contributed by atoms with E-state index in [1.165, 1.54) is 0 Å². The summed E-state index contributed by atoms with van der Waals surface area (Å²) in [5.41, 5.74) is 1.07. The van der Waals surface area contributed by atoms with Gasteiger partial charge in [0, 0.05) is 12.0 Å². The van der Waals surface area contributed by atoms with Gasteiger partial charge in [0.1, 0.15) is 18.1 Å². The van der Waals surface area contributed by atoms with Gasteiger partial charge in [-0.1, -0.05) is 30.3 Å². The van der Waals surface area contributed by atoms with Crippen LogP contribution < -0.4 is 4.74 Å². The lowest BCUT2D eigenvalue weighted by Gasteiger charge is -2.01. The lowest BCUT2D eigenvalue weighted by molar-refractivity contribution is -0.118. The van der Waals surface area contributed by atoms with E-state index in [1.807, 2.05) is 31.2 Å². The van der Waals surface area contributed by atoms with Gasteiger partial charge in [-0.2, -0.15) is 4.98 Å². The van der Waals surface area contributed by atoms with Crippen molar-refractivity contribution >= 4 is 5.78 Å². The van der Waals surface area contributed by atoms with Crippen LogP contribution in [0.25, 0.3) is 0 Å². The summed E-state index contributed by atoms with van der Waals surface area (Å²) in [6.07, 6.45) is 0.686. The summed E-state index contributed by atoms with van der Waals surface area (Å²) < 4.78 is 10.7. The van der Waals surface area contributed by atoms with Crippen molar-refractivity contribution in [3.05, 3.63) is 41.5 Å². The van der Waals surface area contributed by atoms with Crippen molar-refractivity contribution in [3.8, 4) is 5.75 Å². The number of ether oxygens (including phenoxy) is 1. The number of hydrogen-bond acceptors (Lipinski definition) is 5. The molecule has 19 heavy (non-hydrogen) atoms. The number of fused-ring (bicyclic) bond motifs is 1. The molecule has 1 aromatic heterocycles. The van der Waals surface area contributed by atoms with Crippen LogP contribution in [0.1, 0.15) is 36.5 Å². The molecule has 0 bridgehead atoms. The Balaban J connectivity index is 1.83. The zero-order chi connectivity index (χ0) is 13.2. The van der Waals surface area contributed by atoms with Gasteiger partial charge in [-0.05, 0) is 6.07 Å². The minimum atomic E-state index is -0.00886. The maximum Gasteiger partial charge on any atom is 0.234 e. The van der Waals surface area contributed by atoms with Gasteiger partial charge < -0.3 is 9.26 Å². The summed E-state index contributed by atoms with van der Waals surface area (Å²) in [4.78, 5) is 15.7. The number of benzene rings is 1. The normalized spacial score (nSPS) is 17.0. The molecule has 0 saturated heterocycles. The highest BCUT2D eigenvalue weighted by molar-refractivity contribution is 5.79. The number of nitrogens with zero attached hydrogens (tertiary/aromatic N) is 2. The number of aromatic nitrogens is 2. The largest absolute Gasteiger partial charge is 0.492 e. The molecular weight excluding hydrogens is 244 g/mol. The van der Waals surface area contributed by atoms with E-state index in [0.29, 0.717) is 24.7 Å². The van der Waals surface area contributed by atoms with Crippen LogP contribution in [0.3, 0.4) is 0 Å². The predicted molar refractivity (Wildman–Crippen MR) is 67.1 cm³/mol. The van der Waals surface area contributed by atoms with E-state index in [-0.39, 0.29) is 18.1 Å². The van der Waals surface area contributed by atoms with E-state index in [0.717, 1.165) is 11.3 Å². The smallest absolute Gasteiger partial charge is 0.234 e. The van der Waals surface area contributed by atoms with Crippen LogP contribution in [0.5, 0.6) is 5.75 Å². The standard InChI is InChI=1S/C14H14N2O3/c1-2-9(17)7-13-15-14(16-19-13)11-8-18-12-6-4-3-5-10(11)12/h3-6,11H,2,7-8H2,1H3. The Labute approximate surface area is 110 Å². The average molecular weight is 258 g/mol. The van der Waals surface area contributed by atoms with Crippen molar-refractivity contribution < 1.29 is 14.1 Å². The van der Waals surface area contributed by atoms with Gasteiger partial charge in [0.05, 0.1) is 12.3 Å². The molecule has 5 heteroatoms. The summed E-state index contributed by atoms with van der Waals surface area (Å²) >= 11 is 0. The number of ketones is 1. The van der Waals surface area contributed by atoms with Crippen molar-refractivity contribution in [1.82, 2.24) is 10.1 Å². The Morgan fingerprint density at radius 3 is 3.11 bits per heavy atom. The van der Waals surface area contributed by atoms with Gasteiger partial charge in [0.2, 0.25) is 5.89 Å². The first-order valence-electron chi connectivity index (χ1n) is 6.34. The maximum absolute atomic E-state index is 11.4. The van der Waals surface area contributed by atoms with Gasteiger partial charge in [-0.15, -0.1) is 0 Å². The fourth-order valence-electron chi connectivity index (χ4n) is 2.15. The molecular formula is C14H14N2O3. The molecule has 0 radical (unpaired) electrons. The summed E-state index contributed by atoms with van der Waals surface area (Å²) in [7, 11) is 0. The second-order valence-electron chi connectivity index (χ2n) is 4.52. The number of Topliss-reactive ketones (excluding diaryl/α,β-unsaturated/α-hetero) is 1. The summed E-state index contributed by atoms with van der Waals surface area (Å²) in [5, 5.41) is 3.97. The summed E-state index contributed by atoms with van der Waals surface area (Å²) in [6.45, 7) is 2.33. The summed E-state index contributed by atoms with van der Waals surface area (Å²) in [6, 6.07) is 7.82. The van der Waals surface area contributed by atoms with Crippen molar-refractivity contribution in [2.45, 2.75) is 25.7 Å². The third-order valence-corrected chi connectivity index (χ3v) is 3.24. The molecule has 1 atom stereocenters. The molecule has 0 fully saturated rings. The first-order valence-corrected chi connectivity index (χ1v) is 6.34.